The van der Waals surface area contributed by atoms with Crippen molar-refractivity contribution in [3.63, 3.8) is 0 Å². The van der Waals surface area contributed by atoms with Gasteiger partial charge in [-0.3, -0.25) is 19.2 Å². The highest BCUT2D eigenvalue weighted by Crippen LogP contribution is 2.66. The predicted molar refractivity (Wildman–Crippen MR) is 163 cm³/mol. The third kappa shape index (κ3) is 4.16. The molecule has 3 aliphatic carbocycles. The Bertz CT molecular complexity index is 1580. The maximum atomic E-state index is 14.6. The molecule has 44 heavy (non-hydrogen) atoms. The first-order chi connectivity index (χ1) is 20.3. The first kappa shape index (κ1) is 32.0. The van der Waals surface area contributed by atoms with Gasteiger partial charge in [0.15, 0.2) is 23.0 Å². The summed E-state index contributed by atoms with van der Waals surface area (Å²) in [5.41, 5.74) is 3.61. The van der Waals surface area contributed by atoms with Crippen LogP contribution >= 0.6 is 0 Å². The summed E-state index contributed by atoms with van der Waals surface area (Å²) in [6, 6.07) is 8.55. The van der Waals surface area contributed by atoms with Gasteiger partial charge >= 0.3 is 0 Å². The number of phenolic OH excluding ortho intramolecular Hbond substituents is 1. The second kappa shape index (κ2) is 10.3. The van der Waals surface area contributed by atoms with Crippen molar-refractivity contribution < 1.29 is 39.6 Å². The summed E-state index contributed by atoms with van der Waals surface area (Å²) in [7, 11) is 0. The summed E-state index contributed by atoms with van der Waals surface area (Å²) < 4.78 is 0. The fourth-order valence-electron chi connectivity index (χ4n) is 9.25. The van der Waals surface area contributed by atoms with Gasteiger partial charge in [0.05, 0.1) is 17.6 Å². The Morgan fingerprint density at radius 2 is 1.61 bits per heavy atom. The molecule has 2 unspecified atom stereocenters. The first-order valence-electron chi connectivity index (χ1n) is 15.3. The van der Waals surface area contributed by atoms with E-state index in [9.17, 15) is 39.6 Å². The normalized spacial score (nSPS) is 34.9. The number of amides is 1. The smallest absolute Gasteiger partial charge is 0.230 e. The van der Waals surface area contributed by atoms with Crippen molar-refractivity contribution >= 4 is 23.3 Å². The Hall–Kier alpha value is -3.40. The van der Waals surface area contributed by atoms with Gasteiger partial charge in [0.25, 0.3) is 0 Å². The van der Waals surface area contributed by atoms with E-state index in [-0.39, 0.29) is 41.8 Å². The first-order valence-corrected chi connectivity index (χ1v) is 15.3. The minimum absolute atomic E-state index is 0.0331. The number of hydrogen-bond donors (Lipinski definition) is 5. The standard InChI is InChI=1S/C35H43NO8/c1-15(2)20-12-21(19-10-8-18(9-11-19)17(5)37)27(38)23-22(20)13-33(6)14-34(7)25(16(3)4)29(40)24(32(36)43)30(41)35(34,44)31(42)26(33)28(23)39/h8-12,15-16,24-26,29,31,38,40,42,44H,13-14H2,1-7H3,(H2,36,43)/t24-,25+,26-,29?,31?,33-,34-,35+/m1/s1. The molecule has 0 spiro atoms. The number of fused-ring (bicyclic) bond motifs is 3. The van der Waals surface area contributed by atoms with E-state index in [1.54, 1.807) is 31.2 Å². The third-order valence-corrected chi connectivity index (χ3v) is 11.0. The molecule has 9 nitrogen and oxygen atoms in total. The number of carbonyl (C=O) groups excluding carboxylic acids is 4. The number of aliphatic hydroxyl groups excluding tert-OH is 2. The zero-order valence-corrected chi connectivity index (χ0v) is 26.3. The van der Waals surface area contributed by atoms with Gasteiger partial charge in [-0.1, -0.05) is 65.8 Å². The number of rotatable bonds is 5. The van der Waals surface area contributed by atoms with Crippen LogP contribution in [0.4, 0.5) is 0 Å². The second-order valence-electron chi connectivity index (χ2n) is 14.5. The summed E-state index contributed by atoms with van der Waals surface area (Å²) in [6.45, 7) is 12.5. The van der Waals surface area contributed by atoms with E-state index >= 15 is 0 Å². The molecule has 0 bridgehead atoms. The average Bonchev–Trinajstić information content (AvgIpc) is 2.90. The number of nitrogens with two attached hydrogens (primary N) is 1. The van der Waals surface area contributed by atoms with Crippen molar-refractivity contribution in [2.75, 3.05) is 0 Å². The molecular weight excluding hydrogens is 562 g/mol. The minimum Gasteiger partial charge on any atom is -0.507 e. The molecule has 1 amide bonds. The molecule has 2 saturated carbocycles. The number of primary amides is 1. The highest BCUT2D eigenvalue weighted by Gasteiger charge is 2.76. The molecule has 0 saturated heterocycles. The van der Waals surface area contributed by atoms with Crippen LogP contribution in [0.15, 0.2) is 30.3 Å². The van der Waals surface area contributed by atoms with Crippen LogP contribution in [0, 0.1) is 34.5 Å². The van der Waals surface area contributed by atoms with Gasteiger partial charge in [0, 0.05) is 16.5 Å². The van der Waals surface area contributed by atoms with Crippen LogP contribution in [-0.4, -0.2) is 61.5 Å². The number of aliphatic hydroxyl groups is 3. The number of benzene rings is 2. The molecule has 2 fully saturated rings. The SMILES string of the molecule is CC(=O)c1ccc(-c2cc(C(C)C)c3c(c2O)C(=O)[C@@H]2C(O)[C@@]4(O)C(=O)[C@H](C(N)=O)C(O)[C@H](C(C)C)[C@@]4(C)C[C@@]2(C)C3)cc1. The van der Waals surface area contributed by atoms with E-state index in [2.05, 4.69) is 0 Å². The minimum atomic E-state index is -2.56. The van der Waals surface area contributed by atoms with E-state index in [0.29, 0.717) is 22.3 Å². The topological polar surface area (TPSA) is 175 Å². The molecule has 3 aliphatic rings. The fraction of sp³-hybridized carbons (Fsp3) is 0.543. The van der Waals surface area contributed by atoms with Crippen LogP contribution < -0.4 is 5.73 Å². The molecule has 2 aromatic rings. The molecule has 8 atom stereocenters. The van der Waals surface area contributed by atoms with Crippen LogP contribution in [0.5, 0.6) is 5.75 Å². The number of hydrogen-bond acceptors (Lipinski definition) is 8. The van der Waals surface area contributed by atoms with Crippen molar-refractivity contribution in [3.8, 4) is 16.9 Å². The number of phenols is 1. The molecule has 2 aromatic carbocycles. The van der Waals surface area contributed by atoms with Crippen LogP contribution in [-0.2, 0) is 16.0 Å². The molecule has 5 rings (SSSR count). The number of aromatic hydroxyl groups is 1. The summed E-state index contributed by atoms with van der Waals surface area (Å²) in [4.78, 5) is 52.8. The molecule has 9 heteroatoms. The van der Waals surface area contributed by atoms with Crippen molar-refractivity contribution in [3.05, 3.63) is 52.6 Å². The molecule has 6 N–H and O–H groups in total. The summed E-state index contributed by atoms with van der Waals surface area (Å²) >= 11 is 0. The number of ketones is 3. The number of carbonyl (C=O) groups is 4. The van der Waals surface area contributed by atoms with Crippen molar-refractivity contribution in [1.82, 2.24) is 0 Å². The van der Waals surface area contributed by atoms with E-state index in [1.165, 1.54) is 6.92 Å². The Morgan fingerprint density at radius 1 is 1.02 bits per heavy atom. The lowest BCUT2D eigenvalue weighted by Gasteiger charge is -2.66. The van der Waals surface area contributed by atoms with Gasteiger partial charge in [-0.25, -0.2) is 0 Å². The highest BCUT2D eigenvalue weighted by molar-refractivity contribution is 6.10. The lowest BCUT2D eigenvalue weighted by Crippen LogP contribution is -2.79. The van der Waals surface area contributed by atoms with Gasteiger partial charge in [-0.2, -0.15) is 0 Å². The summed E-state index contributed by atoms with van der Waals surface area (Å²) in [5, 5.41) is 47.4. The zero-order chi connectivity index (χ0) is 32.8. The van der Waals surface area contributed by atoms with E-state index in [4.69, 9.17) is 5.73 Å². The van der Waals surface area contributed by atoms with E-state index < -0.39 is 63.9 Å². The maximum absolute atomic E-state index is 14.6. The quantitative estimate of drug-likeness (QED) is 0.254. The molecule has 0 heterocycles. The Balaban J connectivity index is 1.73. The summed E-state index contributed by atoms with van der Waals surface area (Å²) in [5.74, 6) is -7.40. The Morgan fingerprint density at radius 3 is 2.11 bits per heavy atom. The molecular formula is C35H43NO8. The lowest BCUT2D eigenvalue weighted by atomic mass is 9.39. The maximum Gasteiger partial charge on any atom is 0.230 e. The third-order valence-electron chi connectivity index (χ3n) is 11.0. The van der Waals surface area contributed by atoms with Crippen molar-refractivity contribution in [2.24, 2.45) is 40.2 Å². The van der Waals surface area contributed by atoms with Crippen LogP contribution in [0.25, 0.3) is 11.1 Å². The monoisotopic (exact) mass is 605 g/mol. The van der Waals surface area contributed by atoms with Crippen molar-refractivity contribution in [2.45, 2.75) is 85.0 Å². The van der Waals surface area contributed by atoms with E-state index in [0.717, 1.165) is 5.56 Å². The molecule has 0 radical (unpaired) electrons. The molecule has 0 aromatic heterocycles. The van der Waals surface area contributed by atoms with Gasteiger partial charge in [0.2, 0.25) is 5.91 Å². The van der Waals surface area contributed by atoms with Gasteiger partial charge in [-0.15, -0.1) is 0 Å². The number of Topliss-reactive ketones (excluding diaryl/α,β-unsaturated/α-hetero) is 3. The van der Waals surface area contributed by atoms with Crippen LogP contribution in [0.3, 0.4) is 0 Å². The highest BCUT2D eigenvalue weighted by atomic mass is 16.4. The van der Waals surface area contributed by atoms with Gasteiger partial charge < -0.3 is 26.2 Å². The second-order valence-corrected chi connectivity index (χ2v) is 14.5. The zero-order valence-electron chi connectivity index (χ0n) is 26.3. The lowest BCUT2D eigenvalue weighted by molar-refractivity contribution is -0.265. The average molecular weight is 606 g/mol. The van der Waals surface area contributed by atoms with E-state index in [1.807, 2.05) is 40.7 Å². The van der Waals surface area contributed by atoms with Crippen LogP contribution in [0.2, 0.25) is 0 Å². The summed E-state index contributed by atoms with van der Waals surface area (Å²) in [6.07, 6.45) is -3.06. The van der Waals surface area contributed by atoms with Gasteiger partial charge in [0.1, 0.15) is 17.8 Å². The predicted octanol–water partition coefficient (Wildman–Crippen LogP) is 3.57. The van der Waals surface area contributed by atoms with Crippen molar-refractivity contribution in [1.29, 1.82) is 0 Å². The molecule has 0 aliphatic heterocycles. The molecule has 236 valence electrons. The Labute approximate surface area is 257 Å². The fourth-order valence-corrected chi connectivity index (χ4v) is 9.25. The van der Waals surface area contributed by atoms with Gasteiger partial charge in [-0.05, 0) is 65.7 Å². The Kier molecular flexibility index (Phi) is 7.51. The largest absolute Gasteiger partial charge is 0.507 e. The van der Waals surface area contributed by atoms with Crippen LogP contribution in [0.1, 0.15) is 92.6 Å².